The zero-order valence-corrected chi connectivity index (χ0v) is 4.66. The monoisotopic (exact) mass is 119 g/mol. The number of allylic oxidation sites excluding steroid dienone is 1. The van der Waals surface area contributed by atoms with Gasteiger partial charge in [-0.3, -0.25) is 5.41 Å². The molecule has 3 heteroatoms. The SMILES string of the molecule is C/C(=C/O)C(=N)Cl. The van der Waals surface area contributed by atoms with Crippen LogP contribution in [0.1, 0.15) is 6.92 Å². The first-order chi connectivity index (χ1) is 3.18. The molecular formula is C4H6ClNO. The van der Waals surface area contributed by atoms with Crippen molar-refractivity contribution in [3.8, 4) is 0 Å². The van der Waals surface area contributed by atoms with E-state index >= 15 is 0 Å². The highest BCUT2D eigenvalue weighted by molar-refractivity contribution is 6.68. The molecule has 0 radical (unpaired) electrons. The van der Waals surface area contributed by atoms with E-state index in [9.17, 15) is 0 Å². The Hall–Kier alpha value is -0.500. The van der Waals surface area contributed by atoms with E-state index in [0.717, 1.165) is 6.26 Å². The second-order valence-electron chi connectivity index (χ2n) is 1.13. The molecule has 2 nitrogen and oxygen atoms in total. The first kappa shape index (κ1) is 6.50. The van der Waals surface area contributed by atoms with E-state index in [4.69, 9.17) is 22.1 Å². The molecule has 2 N–H and O–H groups in total. The summed E-state index contributed by atoms with van der Waals surface area (Å²) in [6.07, 6.45) is 0.801. The van der Waals surface area contributed by atoms with Crippen molar-refractivity contribution in [1.29, 1.82) is 5.41 Å². The summed E-state index contributed by atoms with van der Waals surface area (Å²) in [6.45, 7) is 1.55. The van der Waals surface area contributed by atoms with E-state index in [2.05, 4.69) is 0 Å². The summed E-state index contributed by atoms with van der Waals surface area (Å²) in [6, 6.07) is 0. The fraction of sp³-hybridized carbons (Fsp3) is 0.250. The molecule has 0 amide bonds. The van der Waals surface area contributed by atoms with Gasteiger partial charge in [0, 0.05) is 5.57 Å². The van der Waals surface area contributed by atoms with Crippen molar-refractivity contribution in [3.05, 3.63) is 11.8 Å². The number of aliphatic hydroxyl groups is 1. The smallest absolute Gasteiger partial charge is 0.126 e. The Bertz CT molecular complexity index is 108. The minimum Gasteiger partial charge on any atom is -0.515 e. The zero-order chi connectivity index (χ0) is 5.86. The highest BCUT2D eigenvalue weighted by Crippen LogP contribution is 1.95. The maximum Gasteiger partial charge on any atom is 0.126 e. The normalized spacial score (nSPS) is 11.4. The third-order valence-electron chi connectivity index (χ3n) is 0.540. The van der Waals surface area contributed by atoms with Crippen LogP contribution in [0.4, 0.5) is 0 Å². The van der Waals surface area contributed by atoms with Crippen molar-refractivity contribution in [2.24, 2.45) is 0 Å². The lowest BCUT2D eigenvalue weighted by molar-refractivity contribution is 0.470. The van der Waals surface area contributed by atoms with Gasteiger partial charge in [-0.15, -0.1) is 0 Å². The molecule has 0 aliphatic rings. The van der Waals surface area contributed by atoms with Crippen LogP contribution in [-0.2, 0) is 0 Å². The summed E-state index contributed by atoms with van der Waals surface area (Å²) in [4.78, 5) is 0. The van der Waals surface area contributed by atoms with Gasteiger partial charge < -0.3 is 5.11 Å². The van der Waals surface area contributed by atoms with E-state index in [1.807, 2.05) is 0 Å². The van der Waals surface area contributed by atoms with Crippen molar-refractivity contribution in [2.75, 3.05) is 0 Å². The fourth-order valence-corrected chi connectivity index (χ4v) is 0.105. The van der Waals surface area contributed by atoms with Crippen LogP contribution in [0.15, 0.2) is 11.8 Å². The molecule has 0 bridgehead atoms. The van der Waals surface area contributed by atoms with Gasteiger partial charge >= 0.3 is 0 Å². The van der Waals surface area contributed by atoms with Crippen molar-refractivity contribution in [2.45, 2.75) is 6.92 Å². The lowest BCUT2D eigenvalue weighted by atomic mass is 10.4. The highest BCUT2D eigenvalue weighted by atomic mass is 35.5. The van der Waals surface area contributed by atoms with Gasteiger partial charge in [0.15, 0.2) is 0 Å². The number of nitrogens with one attached hydrogen (secondary N) is 1. The maximum absolute atomic E-state index is 8.12. The summed E-state index contributed by atoms with van der Waals surface area (Å²) in [7, 11) is 0. The zero-order valence-electron chi connectivity index (χ0n) is 3.90. The Morgan fingerprint density at radius 1 is 1.86 bits per heavy atom. The van der Waals surface area contributed by atoms with Gasteiger partial charge in [-0.25, -0.2) is 0 Å². The molecule has 0 atom stereocenters. The van der Waals surface area contributed by atoms with Crippen molar-refractivity contribution in [3.63, 3.8) is 0 Å². The number of hydrogen-bond acceptors (Lipinski definition) is 2. The Balaban J connectivity index is 3.82. The molecule has 0 aromatic heterocycles. The van der Waals surface area contributed by atoms with E-state index in [1.54, 1.807) is 6.92 Å². The predicted octanol–water partition coefficient (Wildman–Crippen LogP) is 1.66. The second kappa shape index (κ2) is 2.64. The molecule has 40 valence electrons. The molecule has 0 fully saturated rings. The van der Waals surface area contributed by atoms with E-state index in [0.29, 0.717) is 5.57 Å². The van der Waals surface area contributed by atoms with Gasteiger partial charge in [0.2, 0.25) is 0 Å². The first-order valence-corrected chi connectivity index (χ1v) is 2.11. The van der Waals surface area contributed by atoms with Crippen molar-refractivity contribution < 1.29 is 5.11 Å². The van der Waals surface area contributed by atoms with Gasteiger partial charge in [0.25, 0.3) is 0 Å². The lowest BCUT2D eigenvalue weighted by Gasteiger charge is -1.85. The Morgan fingerprint density at radius 2 is 2.29 bits per heavy atom. The highest BCUT2D eigenvalue weighted by Gasteiger charge is 1.89. The minimum atomic E-state index is -0.123. The molecule has 0 aromatic carbocycles. The van der Waals surface area contributed by atoms with E-state index in [-0.39, 0.29) is 5.17 Å². The van der Waals surface area contributed by atoms with Gasteiger partial charge in [-0.2, -0.15) is 0 Å². The van der Waals surface area contributed by atoms with Crippen molar-refractivity contribution >= 4 is 16.8 Å². The molecular weight excluding hydrogens is 114 g/mol. The van der Waals surface area contributed by atoms with Crippen LogP contribution in [0.25, 0.3) is 0 Å². The molecule has 0 spiro atoms. The molecule has 0 saturated heterocycles. The summed E-state index contributed by atoms with van der Waals surface area (Å²) >= 11 is 5.08. The molecule has 7 heavy (non-hydrogen) atoms. The van der Waals surface area contributed by atoms with Crippen LogP contribution in [-0.4, -0.2) is 10.3 Å². The molecule has 0 unspecified atom stereocenters. The quantitative estimate of drug-likeness (QED) is 0.400. The Labute approximate surface area is 46.9 Å². The van der Waals surface area contributed by atoms with Gasteiger partial charge in [-0.05, 0) is 6.92 Å². The Kier molecular flexibility index (Phi) is 2.45. The van der Waals surface area contributed by atoms with Crippen LogP contribution in [0, 0.1) is 5.41 Å². The topological polar surface area (TPSA) is 44.1 Å². The standard InChI is InChI=1S/C4H6ClNO/c1-3(2-7)4(5)6/h2,6-7H,1H3/b3-2-,6-4?. The van der Waals surface area contributed by atoms with E-state index in [1.165, 1.54) is 0 Å². The number of aliphatic hydroxyl groups excluding tert-OH is 1. The summed E-state index contributed by atoms with van der Waals surface area (Å²) in [5.41, 5.74) is 0.377. The third kappa shape index (κ3) is 2.23. The molecule has 0 heterocycles. The molecule has 0 aromatic rings. The predicted molar refractivity (Wildman–Crippen MR) is 30.0 cm³/mol. The van der Waals surface area contributed by atoms with Crippen LogP contribution in [0.5, 0.6) is 0 Å². The van der Waals surface area contributed by atoms with Crippen LogP contribution in [0.3, 0.4) is 0 Å². The number of hydrogen-bond donors (Lipinski definition) is 2. The van der Waals surface area contributed by atoms with Gasteiger partial charge in [0.05, 0.1) is 6.26 Å². The van der Waals surface area contributed by atoms with Crippen LogP contribution in [0.2, 0.25) is 0 Å². The number of halogens is 1. The summed E-state index contributed by atoms with van der Waals surface area (Å²) in [5, 5.41) is 14.6. The van der Waals surface area contributed by atoms with Crippen molar-refractivity contribution in [1.82, 2.24) is 0 Å². The largest absolute Gasteiger partial charge is 0.515 e. The molecule has 0 aliphatic carbocycles. The summed E-state index contributed by atoms with van der Waals surface area (Å²) < 4.78 is 0. The first-order valence-electron chi connectivity index (χ1n) is 1.74. The third-order valence-corrected chi connectivity index (χ3v) is 0.838. The van der Waals surface area contributed by atoms with Crippen LogP contribution >= 0.6 is 11.6 Å². The minimum absolute atomic E-state index is 0.123. The maximum atomic E-state index is 8.12. The lowest BCUT2D eigenvalue weighted by Crippen LogP contribution is -1.83. The molecule has 0 saturated carbocycles. The van der Waals surface area contributed by atoms with Gasteiger partial charge in [-0.1, -0.05) is 11.6 Å². The average molecular weight is 120 g/mol. The average Bonchev–Trinajstić information content (AvgIpc) is 1.65. The Morgan fingerprint density at radius 3 is 2.29 bits per heavy atom. The van der Waals surface area contributed by atoms with Crippen LogP contribution < -0.4 is 0 Å². The molecule has 0 rings (SSSR count). The number of rotatable bonds is 1. The van der Waals surface area contributed by atoms with Gasteiger partial charge in [0.1, 0.15) is 5.17 Å². The summed E-state index contributed by atoms with van der Waals surface area (Å²) in [5.74, 6) is 0. The van der Waals surface area contributed by atoms with E-state index < -0.39 is 0 Å². The second-order valence-corrected chi connectivity index (χ2v) is 1.50. The molecule has 0 aliphatic heterocycles. The fourth-order valence-electron chi connectivity index (χ4n) is 0.0567.